The summed E-state index contributed by atoms with van der Waals surface area (Å²) in [5.41, 5.74) is 2.53. The number of aliphatic hydroxyl groups excluding tert-OH is 1. The second kappa shape index (κ2) is 7.11. The topological polar surface area (TPSA) is 65.1 Å². The van der Waals surface area contributed by atoms with Crippen LogP contribution in [-0.4, -0.2) is 22.6 Å². The first-order chi connectivity index (χ1) is 11.3. The van der Waals surface area contributed by atoms with Crippen LogP contribution in [0, 0.1) is 0 Å². The SMILES string of the molecule is O=C(N[C@H](CCCO)c1ccccc1)c1cccc2cc[nH]c12. The monoisotopic (exact) mass is 308 g/mol. The van der Waals surface area contributed by atoms with Gasteiger partial charge < -0.3 is 15.4 Å². The number of fused-ring (bicyclic) bond motifs is 1. The summed E-state index contributed by atoms with van der Waals surface area (Å²) >= 11 is 0. The van der Waals surface area contributed by atoms with Gasteiger partial charge >= 0.3 is 0 Å². The van der Waals surface area contributed by atoms with Crippen LogP contribution < -0.4 is 5.32 Å². The van der Waals surface area contributed by atoms with Crippen LogP contribution in [0.25, 0.3) is 10.9 Å². The number of carbonyl (C=O) groups excluding carboxylic acids is 1. The number of H-pyrrole nitrogens is 1. The number of aromatic amines is 1. The van der Waals surface area contributed by atoms with E-state index in [-0.39, 0.29) is 18.6 Å². The van der Waals surface area contributed by atoms with E-state index in [4.69, 9.17) is 5.11 Å². The minimum absolute atomic E-state index is 0.107. The zero-order chi connectivity index (χ0) is 16.1. The van der Waals surface area contributed by atoms with Gasteiger partial charge in [0.1, 0.15) is 0 Å². The van der Waals surface area contributed by atoms with Crippen LogP contribution in [-0.2, 0) is 0 Å². The van der Waals surface area contributed by atoms with E-state index in [1.165, 1.54) is 0 Å². The molecule has 0 unspecified atom stereocenters. The van der Waals surface area contributed by atoms with Crippen molar-refractivity contribution in [1.82, 2.24) is 10.3 Å². The van der Waals surface area contributed by atoms with Gasteiger partial charge in [-0.3, -0.25) is 4.79 Å². The number of hydrogen-bond donors (Lipinski definition) is 3. The first-order valence-corrected chi connectivity index (χ1v) is 7.82. The Morgan fingerprint density at radius 2 is 1.91 bits per heavy atom. The molecule has 1 heterocycles. The molecule has 4 nitrogen and oxygen atoms in total. The van der Waals surface area contributed by atoms with Gasteiger partial charge in [-0.25, -0.2) is 0 Å². The normalized spacial score (nSPS) is 12.2. The van der Waals surface area contributed by atoms with E-state index in [9.17, 15) is 4.79 Å². The number of aromatic nitrogens is 1. The van der Waals surface area contributed by atoms with Crippen molar-refractivity contribution in [2.75, 3.05) is 6.61 Å². The maximum absolute atomic E-state index is 12.7. The second-order valence-corrected chi connectivity index (χ2v) is 5.55. The average Bonchev–Trinajstić information content (AvgIpc) is 3.07. The number of nitrogens with one attached hydrogen (secondary N) is 2. The lowest BCUT2D eigenvalue weighted by Gasteiger charge is -2.19. The Morgan fingerprint density at radius 3 is 2.70 bits per heavy atom. The number of carbonyl (C=O) groups is 1. The highest BCUT2D eigenvalue weighted by Gasteiger charge is 2.17. The van der Waals surface area contributed by atoms with Crippen molar-refractivity contribution in [3.05, 3.63) is 71.9 Å². The van der Waals surface area contributed by atoms with Gasteiger partial charge in [0.2, 0.25) is 0 Å². The molecule has 3 aromatic rings. The number of benzene rings is 2. The molecule has 118 valence electrons. The predicted molar refractivity (Wildman–Crippen MR) is 91.3 cm³/mol. The number of aliphatic hydroxyl groups is 1. The fourth-order valence-electron chi connectivity index (χ4n) is 2.81. The predicted octanol–water partition coefficient (Wildman–Crippen LogP) is 3.41. The summed E-state index contributed by atoms with van der Waals surface area (Å²) in [6, 6.07) is 17.4. The van der Waals surface area contributed by atoms with E-state index in [1.54, 1.807) is 0 Å². The van der Waals surface area contributed by atoms with Crippen molar-refractivity contribution in [2.45, 2.75) is 18.9 Å². The molecule has 1 aromatic heterocycles. The largest absolute Gasteiger partial charge is 0.396 e. The standard InChI is InChI=1S/C19H20N2O2/c22-13-5-10-17(14-6-2-1-3-7-14)21-19(23)16-9-4-8-15-11-12-20-18(15)16/h1-4,6-9,11-12,17,20,22H,5,10,13H2,(H,21,23)/t17-/m1/s1. The van der Waals surface area contributed by atoms with Gasteiger partial charge in [0, 0.05) is 18.2 Å². The summed E-state index contributed by atoms with van der Waals surface area (Å²) in [5.74, 6) is -0.107. The molecule has 1 atom stereocenters. The van der Waals surface area contributed by atoms with Gasteiger partial charge in [-0.05, 0) is 30.5 Å². The Bertz CT molecular complexity index is 780. The minimum Gasteiger partial charge on any atom is -0.396 e. The maximum atomic E-state index is 12.7. The molecule has 2 aromatic carbocycles. The Kier molecular flexibility index (Phi) is 4.74. The zero-order valence-corrected chi connectivity index (χ0v) is 12.8. The van der Waals surface area contributed by atoms with Crippen LogP contribution in [0.1, 0.15) is 34.8 Å². The third-order valence-corrected chi connectivity index (χ3v) is 3.99. The first kappa shape index (κ1) is 15.3. The summed E-state index contributed by atoms with van der Waals surface area (Å²) in [7, 11) is 0. The van der Waals surface area contributed by atoms with E-state index in [1.807, 2.05) is 60.8 Å². The molecular weight excluding hydrogens is 288 g/mol. The van der Waals surface area contributed by atoms with Crippen molar-refractivity contribution in [1.29, 1.82) is 0 Å². The van der Waals surface area contributed by atoms with E-state index in [0.717, 1.165) is 16.5 Å². The van der Waals surface area contributed by atoms with E-state index < -0.39 is 0 Å². The Morgan fingerprint density at radius 1 is 1.09 bits per heavy atom. The van der Waals surface area contributed by atoms with E-state index in [0.29, 0.717) is 18.4 Å². The summed E-state index contributed by atoms with van der Waals surface area (Å²) in [4.78, 5) is 15.8. The van der Waals surface area contributed by atoms with Gasteiger partial charge in [-0.2, -0.15) is 0 Å². The lowest BCUT2D eigenvalue weighted by Crippen LogP contribution is -2.29. The van der Waals surface area contributed by atoms with Crippen molar-refractivity contribution in [2.24, 2.45) is 0 Å². The average molecular weight is 308 g/mol. The second-order valence-electron chi connectivity index (χ2n) is 5.55. The molecule has 0 aliphatic carbocycles. The van der Waals surface area contributed by atoms with Crippen molar-refractivity contribution < 1.29 is 9.90 Å². The quantitative estimate of drug-likeness (QED) is 0.653. The number of rotatable bonds is 6. The van der Waals surface area contributed by atoms with E-state index >= 15 is 0 Å². The van der Waals surface area contributed by atoms with Crippen LogP contribution in [0.15, 0.2) is 60.8 Å². The van der Waals surface area contributed by atoms with Crippen molar-refractivity contribution >= 4 is 16.8 Å². The van der Waals surface area contributed by atoms with Crippen LogP contribution in [0.5, 0.6) is 0 Å². The summed E-state index contributed by atoms with van der Waals surface area (Å²) in [6.45, 7) is 0.116. The highest BCUT2D eigenvalue weighted by Crippen LogP contribution is 2.21. The van der Waals surface area contributed by atoms with Crippen LogP contribution in [0.4, 0.5) is 0 Å². The van der Waals surface area contributed by atoms with E-state index in [2.05, 4.69) is 10.3 Å². The Balaban J connectivity index is 1.84. The van der Waals surface area contributed by atoms with Crippen LogP contribution in [0.2, 0.25) is 0 Å². The van der Waals surface area contributed by atoms with Gasteiger partial charge in [-0.15, -0.1) is 0 Å². The highest BCUT2D eigenvalue weighted by molar-refractivity contribution is 6.05. The smallest absolute Gasteiger partial charge is 0.253 e. The summed E-state index contributed by atoms with van der Waals surface area (Å²) < 4.78 is 0. The molecule has 0 fully saturated rings. The molecule has 3 N–H and O–H groups in total. The lowest BCUT2D eigenvalue weighted by atomic mass is 10.0. The molecular formula is C19H20N2O2. The highest BCUT2D eigenvalue weighted by atomic mass is 16.3. The Hall–Kier alpha value is -2.59. The van der Waals surface area contributed by atoms with Crippen molar-refractivity contribution in [3.63, 3.8) is 0 Å². The molecule has 23 heavy (non-hydrogen) atoms. The molecule has 1 amide bonds. The molecule has 0 bridgehead atoms. The number of hydrogen-bond acceptors (Lipinski definition) is 2. The molecule has 0 aliphatic heterocycles. The molecule has 0 saturated carbocycles. The van der Waals surface area contributed by atoms with Crippen LogP contribution >= 0.6 is 0 Å². The number of amides is 1. The van der Waals surface area contributed by atoms with Gasteiger partial charge in [0.25, 0.3) is 5.91 Å². The fraction of sp³-hybridized carbons (Fsp3) is 0.211. The third-order valence-electron chi connectivity index (χ3n) is 3.99. The van der Waals surface area contributed by atoms with Gasteiger partial charge in [0.15, 0.2) is 0 Å². The maximum Gasteiger partial charge on any atom is 0.253 e. The summed E-state index contributed by atoms with van der Waals surface area (Å²) in [6.07, 6.45) is 3.18. The molecule has 0 aliphatic rings. The minimum atomic E-state index is -0.110. The van der Waals surface area contributed by atoms with Crippen LogP contribution in [0.3, 0.4) is 0 Å². The Labute approximate surface area is 135 Å². The fourth-order valence-corrected chi connectivity index (χ4v) is 2.81. The molecule has 0 spiro atoms. The van der Waals surface area contributed by atoms with Gasteiger partial charge in [-0.1, -0.05) is 42.5 Å². The first-order valence-electron chi connectivity index (χ1n) is 7.82. The van der Waals surface area contributed by atoms with Gasteiger partial charge in [0.05, 0.1) is 17.1 Å². The third kappa shape index (κ3) is 3.43. The molecule has 4 heteroatoms. The van der Waals surface area contributed by atoms with Crippen molar-refractivity contribution in [3.8, 4) is 0 Å². The molecule has 3 rings (SSSR count). The zero-order valence-electron chi connectivity index (χ0n) is 12.8. The lowest BCUT2D eigenvalue weighted by molar-refractivity contribution is 0.0934. The summed E-state index contributed by atoms with van der Waals surface area (Å²) in [5, 5.41) is 13.2. The number of para-hydroxylation sites is 1. The molecule has 0 saturated heterocycles. The molecule has 0 radical (unpaired) electrons.